The van der Waals surface area contributed by atoms with Crippen LogP contribution in [-0.4, -0.2) is 17.1 Å². The summed E-state index contributed by atoms with van der Waals surface area (Å²) in [5.74, 6) is 0.0741. The number of hydrogen-bond donors (Lipinski definition) is 1. The van der Waals surface area contributed by atoms with E-state index >= 15 is 0 Å². The van der Waals surface area contributed by atoms with Crippen molar-refractivity contribution in [3.63, 3.8) is 0 Å². The van der Waals surface area contributed by atoms with Gasteiger partial charge in [0.25, 0.3) is 0 Å². The van der Waals surface area contributed by atoms with Crippen molar-refractivity contribution in [3.05, 3.63) is 64.2 Å². The third-order valence-corrected chi connectivity index (χ3v) is 3.90. The highest BCUT2D eigenvalue weighted by Gasteiger charge is 2.32. The molecule has 3 rings (SSSR count). The van der Waals surface area contributed by atoms with Crippen LogP contribution in [-0.2, 0) is 13.1 Å². The Morgan fingerprint density at radius 1 is 1.08 bits per heavy atom. The highest BCUT2D eigenvalue weighted by atomic mass is 79.9. The van der Waals surface area contributed by atoms with Crippen LogP contribution in [0.3, 0.4) is 0 Å². The normalized spacial score (nSPS) is 13.5. The van der Waals surface area contributed by atoms with E-state index in [1.165, 1.54) is 18.2 Å². The van der Waals surface area contributed by atoms with Crippen molar-refractivity contribution in [1.82, 2.24) is 4.90 Å². The fraction of sp³-hybridized carbons (Fsp3) is 0.278. The monoisotopic (exact) mass is 414 g/mol. The second kappa shape index (κ2) is 7.07. The molecule has 1 aliphatic heterocycles. The first-order valence-corrected chi connectivity index (χ1v) is 7.51. The average Bonchev–Trinajstić information content (AvgIpc) is 2.72. The number of aryl methyl sites for hydroxylation is 2. The summed E-state index contributed by atoms with van der Waals surface area (Å²) < 4.78 is 41.0. The predicted molar refractivity (Wildman–Crippen MR) is 95.4 cm³/mol. The van der Waals surface area contributed by atoms with Crippen LogP contribution in [0.5, 0.6) is 5.75 Å². The number of rotatable bonds is 3. The van der Waals surface area contributed by atoms with Gasteiger partial charge in [-0.15, -0.1) is 30.2 Å². The number of fused-ring (bicyclic) bond motifs is 1. The smallest absolute Gasteiger partial charge is 0.406 e. The van der Waals surface area contributed by atoms with E-state index in [4.69, 9.17) is 5.41 Å². The number of hydrogen-bond acceptors (Lipinski definition) is 2. The summed E-state index contributed by atoms with van der Waals surface area (Å²) in [5.41, 5.74) is 4.69. The minimum Gasteiger partial charge on any atom is -0.406 e. The Labute approximate surface area is 154 Å². The van der Waals surface area contributed by atoms with E-state index in [1.807, 2.05) is 18.7 Å². The Hall–Kier alpha value is -2.02. The second-order valence-corrected chi connectivity index (χ2v) is 6.07. The number of nitrogens with one attached hydrogen (secondary N) is 1. The van der Waals surface area contributed by atoms with Crippen molar-refractivity contribution in [3.8, 4) is 5.75 Å². The van der Waals surface area contributed by atoms with Gasteiger partial charge in [-0.05, 0) is 43.2 Å². The third kappa shape index (κ3) is 4.54. The zero-order chi connectivity index (χ0) is 17.5. The van der Waals surface area contributed by atoms with E-state index in [1.54, 1.807) is 0 Å². The van der Waals surface area contributed by atoms with Crippen LogP contribution in [0.15, 0.2) is 36.4 Å². The lowest BCUT2D eigenvalue weighted by Crippen LogP contribution is -2.23. The lowest BCUT2D eigenvalue weighted by atomic mass is 10.1. The molecule has 7 heteroatoms. The summed E-state index contributed by atoms with van der Waals surface area (Å²) in [4.78, 5) is 1.84. The van der Waals surface area contributed by atoms with Gasteiger partial charge in [0.2, 0.25) is 0 Å². The van der Waals surface area contributed by atoms with Crippen LogP contribution in [0.4, 0.5) is 13.2 Å². The quantitative estimate of drug-likeness (QED) is 0.756. The van der Waals surface area contributed by atoms with Gasteiger partial charge < -0.3 is 9.64 Å². The van der Waals surface area contributed by atoms with Crippen LogP contribution in [0, 0.1) is 19.3 Å². The van der Waals surface area contributed by atoms with E-state index in [2.05, 4.69) is 22.9 Å². The molecule has 0 unspecified atom stereocenters. The molecule has 1 heterocycles. The summed E-state index contributed by atoms with van der Waals surface area (Å²) >= 11 is 0. The molecule has 0 saturated carbocycles. The first-order chi connectivity index (χ1) is 11.2. The Morgan fingerprint density at radius 2 is 1.72 bits per heavy atom. The van der Waals surface area contributed by atoms with Crippen molar-refractivity contribution >= 4 is 22.8 Å². The Balaban J connectivity index is 0.00000225. The number of benzene rings is 2. The Morgan fingerprint density at radius 3 is 2.32 bits per heavy atom. The highest BCUT2D eigenvalue weighted by Crippen LogP contribution is 2.30. The third-order valence-electron chi connectivity index (χ3n) is 3.90. The lowest BCUT2D eigenvalue weighted by molar-refractivity contribution is -0.274. The molecule has 1 N–H and O–H groups in total. The molecule has 2 aromatic rings. The van der Waals surface area contributed by atoms with Gasteiger partial charge in [0.05, 0.1) is 0 Å². The minimum absolute atomic E-state index is 0. The second-order valence-electron chi connectivity index (χ2n) is 6.07. The molecule has 0 aromatic heterocycles. The maximum absolute atomic E-state index is 12.3. The average molecular weight is 415 g/mol. The minimum atomic E-state index is -4.71. The molecule has 25 heavy (non-hydrogen) atoms. The summed E-state index contributed by atoms with van der Waals surface area (Å²) in [6.45, 7) is 4.98. The molecular formula is C18H18BrF3N2O. The lowest BCUT2D eigenvalue weighted by Gasteiger charge is -2.18. The largest absolute Gasteiger partial charge is 0.573 e. The van der Waals surface area contributed by atoms with E-state index in [-0.39, 0.29) is 22.7 Å². The van der Waals surface area contributed by atoms with Crippen molar-refractivity contribution in [2.24, 2.45) is 0 Å². The molecule has 0 radical (unpaired) electrons. The molecule has 0 atom stereocenters. The predicted octanol–water partition coefficient (Wildman–Crippen LogP) is 5.12. The van der Waals surface area contributed by atoms with Gasteiger partial charge in [-0.25, -0.2) is 0 Å². The van der Waals surface area contributed by atoms with Crippen molar-refractivity contribution < 1.29 is 17.9 Å². The first kappa shape index (κ1) is 19.3. The molecule has 0 fully saturated rings. The number of nitrogens with zero attached hydrogens (tertiary/aromatic N) is 1. The van der Waals surface area contributed by atoms with Crippen molar-refractivity contribution in [2.75, 3.05) is 0 Å². The summed E-state index contributed by atoms with van der Waals surface area (Å²) in [6, 6.07) is 10.3. The summed E-state index contributed by atoms with van der Waals surface area (Å²) in [6.07, 6.45) is -4.71. The van der Waals surface area contributed by atoms with Crippen LogP contribution in [0.1, 0.15) is 27.8 Å². The molecule has 0 spiro atoms. The van der Waals surface area contributed by atoms with Crippen LogP contribution < -0.4 is 4.74 Å². The molecule has 3 nitrogen and oxygen atoms in total. The summed E-state index contributed by atoms with van der Waals surface area (Å²) in [5, 5.41) is 8.26. The van der Waals surface area contributed by atoms with E-state index < -0.39 is 6.36 Å². The Bertz CT molecular complexity index is 785. The SMILES string of the molecule is Br.Cc1cc(C)cc(CN2Cc3cc(OC(F)(F)F)ccc3C2=N)c1. The number of ether oxygens (including phenoxy) is 1. The zero-order valence-corrected chi connectivity index (χ0v) is 15.5. The number of alkyl halides is 3. The van der Waals surface area contributed by atoms with Gasteiger partial charge >= 0.3 is 6.36 Å². The van der Waals surface area contributed by atoms with Crippen molar-refractivity contribution in [1.29, 1.82) is 5.41 Å². The maximum Gasteiger partial charge on any atom is 0.573 e. The zero-order valence-electron chi connectivity index (χ0n) is 13.8. The van der Waals surface area contributed by atoms with Crippen LogP contribution in [0.25, 0.3) is 0 Å². The van der Waals surface area contributed by atoms with Crippen molar-refractivity contribution in [2.45, 2.75) is 33.3 Å². The first-order valence-electron chi connectivity index (χ1n) is 7.51. The molecular weight excluding hydrogens is 397 g/mol. The fourth-order valence-corrected chi connectivity index (χ4v) is 3.10. The van der Waals surface area contributed by atoms with Gasteiger partial charge in [0.15, 0.2) is 0 Å². The molecule has 2 aromatic carbocycles. The maximum atomic E-state index is 12.3. The molecule has 0 aliphatic carbocycles. The number of amidine groups is 1. The van der Waals surface area contributed by atoms with Gasteiger partial charge in [-0.2, -0.15) is 0 Å². The fourth-order valence-electron chi connectivity index (χ4n) is 3.10. The highest BCUT2D eigenvalue weighted by molar-refractivity contribution is 8.93. The number of halogens is 4. The van der Waals surface area contributed by atoms with Crippen LogP contribution in [0.2, 0.25) is 0 Å². The summed E-state index contributed by atoms with van der Waals surface area (Å²) in [7, 11) is 0. The molecule has 134 valence electrons. The van der Waals surface area contributed by atoms with Crippen LogP contribution >= 0.6 is 17.0 Å². The van der Waals surface area contributed by atoms with Gasteiger partial charge in [-0.3, -0.25) is 5.41 Å². The van der Waals surface area contributed by atoms with Gasteiger partial charge in [0, 0.05) is 18.7 Å². The molecule has 0 bridgehead atoms. The topological polar surface area (TPSA) is 36.3 Å². The standard InChI is InChI=1S/C18H17F3N2O.BrH/c1-11-5-12(2)7-13(6-11)9-23-10-14-8-15(24-18(19,20)21)3-4-16(14)17(23)22;/h3-8,22H,9-10H2,1-2H3;1H. The van der Waals surface area contributed by atoms with E-state index in [0.29, 0.717) is 30.1 Å². The molecule has 0 saturated heterocycles. The van der Waals surface area contributed by atoms with E-state index in [0.717, 1.165) is 16.7 Å². The molecule has 0 amide bonds. The van der Waals surface area contributed by atoms with E-state index in [9.17, 15) is 13.2 Å². The van der Waals surface area contributed by atoms with Gasteiger partial charge in [0.1, 0.15) is 11.6 Å². The van der Waals surface area contributed by atoms with Gasteiger partial charge in [-0.1, -0.05) is 29.3 Å². The Kier molecular flexibility index (Phi) is 5.46. The molecule has 1 aliphatic rings.